The molecule has 0 heterocycles. The maximum atomic E-state index is 13.7. The molecule has 1 aromatic rings. The molecule has 5 heteroatoms. The molecule has 0 aliphatic heterocycles. The molecular weight excluding hydrogens is 273 g/mol. The zero-order chi connectivity index (χ0) is 15.5. The Morgan fingerprint density at radius 3 is 2.86 bits per heavy atom. The molecule has 0 bridgehead atoms. The first kappa shape index (κ1) is 17.8. The Kier molecular flexibility index (Phi) is 8.85. The minimum absolute atomic E-state index is 0.229. The number of aliphatic hydroxyl groups is 1. The number of methoxy groups -OCH3 is 1. The Labute approximate surface area is 125 Å². The van der Waals surface area contributed by atoms with E-state index in [0.717, 1.165) is 0 Å². The lowest BCUT2D eigenvalue weighted by molar-refractivity contribution is 0.0192. The van der Waals surface area contributed by atoms with Crippen LogP contribution in [0.5, 0.6) is 0 Å². The Bertz CT molecular complexity index is 414. The summed E-state index contributed by atoms with van der Waals surface area (Å²) in [6.45, 7) is 6.14. The fraction of sp³-hybridized carbons (Fsp3) is 0.500. The highest BCUT2D eigenvalue weighted by atomic mass is 19.1. The molecule has 0 saturated heterocycles. The zero-order valence-corrected chi connectivity index (χ0v) is 12.5. The number of halogens is 1. The van der Waals surface area contributed by atoms with E-state index in [1.54, 1.807) is 31.4 Å². The average Bonchev–Trinajstić information content (AvgIpc) is 2.47. The summed E-state index contributed by atoms with van der Waals surface area (Å²) in [5.41, 5.74) is 0.604. The van der Waals surface area contributed by atoms with E-state index in [-0.39, 0.29) is 12.4 Å². The molecular formula is C16H24FNO3. The monoisotopic (exact) mass is 297 g/mol. The van der Waals surface area contributed by atoms with Crippen LogP contribution in [0.2, 0.25) is 0 Å². The van der Waals surface area contributed by atoms with Gasteiger partial charge in [0.05, 0.1) is 25.9 Å². The minimum atomic E-state index is -0.631. The van der Waals surface area contributed by atoms with Crippen LogP contribution in [0.1, 0.15) is 5.56 Å². The highest BCUT2D eigenvalue weighted by Crippen LogP contribution is 2.10. The van der Waals surface area contributed by atoms with E-state index in [0.29, 0.717) is 38.4 Å². The van der Waals surface area contributed by atoms with Crippen molar-refractivity contribution >= 4 is 0 Å². The van der Waals surface area contributed by atoms with Crippen molar-refractivity contribution in [3.8, 4) is 0 Å². The third-order valence-corrected chi connectivity index (χ3v) is 2.98. The largest absolute Gasteiger partial charge is 0.389 e. The zero-order valence-electron chi connectivity index (χ0n) is 12.5. The van der Waals surface area contributed by atoms with Crippen LogP contribution >= 0.6 is 0 Å². The van der Waals surface area contributed by atoms with Gasteiger partial charge in [0.25, 0.3) is 0 Å². The van der Waals surface area contributed by atoms with Gasteiger partial charge in [-0.2, -0.15) is 0 Å². The number of rotatable bonds is 11. The van der Waals surface area contributed by atoms with Crippen LogP contribution in [-0.2, 0) is 16.0 Å². The molecule has 0 aromatic heterocycles. The van der Waals surface area contributed by atoms with Gasteiger partial charge in [-0.25, -0.2) is 4.39 Å². The number of hydrogen-bond acceptors (Lipinski definition) is 4. The molecule has 1 rings (SSSR count). The van der Waals surface area contributed by atoms with Gasteiger partial charge in [-0.3, -0.25) is 4.90 Å². The average molecular weight is 297 g/mol. The van der Waals surface area contributed by atoms with Gasteiger partial charge in [0.15, 0.2) is 0 Å². The molecule has 0 saturated carbocycles. The number of benzene rings is 1. The molecule has 0 aliphatic rings. The van der Waals surface area contributed by atoms with E-state index in [4.69, 9.17) is 9.47 Å². The highest BCUT2D eigenvalue weighted by molar-refractivity contribution is 5.17. The second-order valence-electron chi connectivity index (χ2n) is 4.80. The standard InChI is InChI=1S/C16H24FNO3/c1-3-9-21-13-15(19)12-18(8-10-20-2)11-14-6-4-5-7-16(14)17/h3-7,15,19H,1,8-13H2,2H3/t15-/m0/s1. The van der Waals surface area contributed by atoms with Gasteiger partial charge in [0.2, 0.25) is 0 Å². The van der Waals surface area contributed by atoms with Crippen molar-refractivity contribution in [1.82, 2.24) is 4.90 Å². The Balaban J connectivity index is 2.54. The first-order chi connectivity index (χ1) is 10.2. The molecule has 0 spiro atoms. The van der Waals surface area contributed by atoms with Gasteiger partial charge in [0.1, 0.15) is 5.82 Å². The van der Waals surface area contributed by atoms with Crippen molar-refractivity contribution < 1.29 is 19.0 Å². The SMILES string of the molecule is C=CCOC[C@@H](O)CN(CCOC)Cc1ccccc1F. The van der Waals surface area contributed by atoms with Crippen LogP contribution in [0.15, 0.2) is 36.9 Å². The molecule has 0 radical (unpaired) electrons. The maximum absolute atomic E-state index is 13.7. The van der Waals surface area contributed by atoms with Crippen LogP contribution < -0.4 is 0 Å². The van der Waals surface area contributed by atoms with E-state index in [9.17, 15) is 9.50 Å². The summed E-state index contributed by atoms with van der Waals surface area (Å²) in [6, 6.07) is 6.65. The van der Waals surface area contributed by atoms with Gasteiger partial charge in [0, 0.05) is 32.3 Å². The molecule has 118 valence electrons. The minimum Gasteiger partial charge on any atom is -0.389 e. The Morgan fingerprint density at radius 2 is 2.19 bits per heavy atom. The molecule has 0 unspecified atom stereocenters. The first-order valence-corrected chi connectivity index (χ1v) is 6.98. The van der Waals surface area contributed by atoms with Crippen molar-refractivity contribution in [3.05, 3.63) is 48.3 Å². The molecule has 0 aliphatic carbocycles. The maximum Gasteiger partial charge on any atom is 0.127 e. The third kappa shape index (κ3) is 7.34. The summed E-state index contributed by atoms with van der Waals surface area (Å²) in [4.78, 5) is 1.95. The van der Waals surface area contributed by atoms with Crippen molar-refractivity contribution in [2.75, 3.05) is 40.0 Å². The van der Waals surface area contributed by atoms with E-state index in [2.05, 4.69) is 6.58 Å². The lowest BCUT2D eigenvalue weighted by atomic mass is 10.2. The van der Waals surface area contributed by atoms with Gasteiger partial charge in [-0.1, -0.05) is 24.3 Å². The van der Waals surface area contributed by atoms with Gasteiger partial charge in [-0.05, 0) is 6.07 Å². The van der Waals surface area contributed by atoms with Crippen LogP contribution in [0.4, 0.5) is 4.39 Å². The van der Waals surface area contributed by atoms with Gasteiger partial charge in [-0.15, -0.1) is 6.58 Å². The van der Waals surface area contributed by atoms with Crippen molar-refractivity contribution in [2.24, 2.45) is 0 Å². The van der Waals surface area contributed by atoms with Crippen LogP contribution in [0.3, 0.4) is 0 Å². The Hall–Kier alpha value is -1.27. The number of ether oxygens (including phenoxy) is 2. The summed E-state index contributed by atoms with van der Waals surface area (Å²) < 4.78 is 24.0. The lowest BCUT2D eigenvalue weighted by Crippen LogP contribution is -2.36. The van der Waals surface area contributed by atoms with Crippen molar-refractivity contribution in [1.29, 1.82) is 0 Å². The van der Waals surface area contributed by atoms with Crippen LogP contribution in [0.25, 0.3) is 0 Å². The third-order valence-electron chi connectivity index (χ3n) is 2.98. The lowest BCUT2D eigenvalue weighted by Gasteiger charge is -2.25. The fourth-order valence-corrected chi connectivity index (χ4v) is 1.96. The van der Waals surface area contributed by atoms with E-state index in [1.807, 2.05) is 4.90 Å². The summed E-state index contributed by atoms with van der Waals surface area (Å²) in [5.74, 6) is -0.239. The summed E-state index contributed by atoms with van der Waals surface area (Å²) in [6.07, 6.45) is 1.00. The van der Waals surface area contributed by atoms with E-state index < -0.39 is 6.10 Å². The fourth-order valence-electron chi connectivity index (χ4n) is 1.96. The van der Waals surface area contributed by atoms with Crippen molar-refractivity contribution in [3.63, 3.8) is 0 Å². The smallest absolute Gasteiger partial charge is 0.127 e. The van der Waals surface area contributed by atoms with Gasteiger partial charge >= 0.3 is 0 Å². The second kappa shape index (κ2) is 10.5. The predicted octanol–water partition coefficient (Wildman–Crippen LogP) is 1.84. The summed E-state index contributed by atoms with van der Waals surface area (Å²) in [7, 11) is 1.62. The predicted molar refractivity (Wildman–Crippen MR) is 80.6 cm³/mol. The summed E-state index contributed by atoms with van der Waals surface area (Å²) in [5, 5.41) is 9.96. The molecule has 21 heavy (non-hydrogen) atoms. The number of hydrogen-bond donors (Lipinski definition) is 1. The quantitative estimate of drug-likeness (QED) is 0.500. The molecule has 1 atom stereocenters. The summed E-state index contributed by atoms with van der Waals surface area (Å²) >= 11 is 0. The number of aliphatic hydroxyl groups excluding tert-OH is 1. The van der Waals surface area contributed by atoms with E-state index >= 15 is 0 Å². The van der Waals surface area contributed by atoms with Crippen LogP contribution in [0, 0.1) is 5.82 Å². The topological polar surface area (TPSA) is 41.9 Å². The molecule has 0 amide bonds. The van der Waals surface area contributed by atoms with Crippen LogP contribution in [-0.4, -0.2) is 56.1 Å². The molecule has 4 nitrogen and oxygen atoms in total. The highest BCUT2D eigenvalue weighted by Gasteiger charge is 2.14. The molecule has 1 aromatic carbocycles. The van der Waals surface area contributed by atoms with Crippen molar-refractivity contribution in [2.45, 2.75) is 12.6 Å². The normalized spacial score (nSPS) is 12.6. The number of nitrogens with zero attached hydrogens (tertiary/aromatic N) is 1. The van der Waals surface area contributed by atoms with E-state index in [1.165, 1.54) is 6.07 Å². The molecule has 1 N–H and O–H groups in total. The Morgan fingerprint density at radius 1 is 1.43 bits per heavy atom. The first-order valence-electron chi connectivity index (χ1n) is 6.98. The molecule has 0 fully saturated rings. The second-order valence-corrected chi connectivity index (χ2v) is 4.80. The van der Waals surface area contributed by atoms with Gasteiger partial charge < -0.3 is 14.6 Å².